The molecule has 1 aromatic rings. The van der Waals surface area contributed by atoms with E-state index in [2.05, 4.69) is 0 Å². The predicted molar refractivity (Wildman–Crippen MR) is 66.9 cm³/mol. The summed E-state index contributed by atoms with van der Waals surface area (Å²) in [6.45, 7) is 5.70. The summed E-state index contributed by atoms with van der Waals surface area (Å²) in [5.41, 5.74) is 1.00. The zero-order chi connectivity index (χ0) is 13.1. The van der Waals surface area contributed by atoms with E-state index in [-0.39, 0.29) is 24.8 Å². The zero-order valence-corrected chi connectivity index (χ0v) is 10.9. The Bertz CT molecular complexity index is 441. The summed E-state index contributed by atoms with van der Waals surface area (Å²) in [4.78, 5) is 11.5. The molecule has 18 heavy (non-hydrogen) atoms. The molecule has 0 amide bonds. The van der Waals surface area contributed by atoms with Crippen LogP contribution in [0.3, 0.4) is 0 Å². The monoisotopic (exact) mass is 250 g/mol. The van der Waals surface area contributed by atoms with E-state index in [0.29, 0.717) is 17.9 Å². The molecular weight excluding hydrogens is 232 g/mol. The first-order valence-electron chi connectivity index (χ1n) is 6.15. The van der Waals surface area contributed by atoms with Crippen molar-refractivity contribution in [3.8, 4) is 11.5 Å². The van der Waals surface area contributed by atoms with Crippen LogP contribution in [0.2, 0.25) is 0 Å². The van der Waals surface area contributed by atoms with Gasteiger partial charge in [-0.15, -0.1) is 0 Å². The predicted octanol–water partition coefficient (Wildman–Crippen LogP) is 2.48. The highest BCUT2D eigenvalue weighted by atomic mass is 16.6. The van der Waals surface area contributed by atoms with Crippen LogP contribution in [0, 0.1) is 6.92 Å². The van der Waals surface area contributed by atoms with Gasteiger partial charge < -0.3 is 14.2 Å². The molecule has 1 aliphatic heterocycles. The van der Waals surface area contributed by atoms with Crippen LogP contribution in [0.4, 0.5) is 0 Å². The van der Waals surface area contributed by atoms with Crippen LogP contribution in [0.1, 0.15) is 25.8 Å². The first-order valence-corrected chi connectivity index (χ1v) is 6.15. The molecular formula is C14H18O4. The number of ether oxygens (including phenoxy) is 3. The lowest BCUT2D eigenvalue weighted by Gasteiger charge is -2.24. The quantitative estimate of drug-likeness (QED) is 0.663. The maximum atomic E-state index is 11.5. The van der Waals surface area contributed by atoms with Gasteiger partial charge in [-0.2, -0.15) is 0 Å². The fourth-order valence-corrected chi connectivity index (χ4v) is 2.05. The topological polar surface area (TPSA) is 44.8 Å². The number of hydrogen-bond acceptors (Lipinski definition) is 4. The summed E-state index contributed by atoms with van der Waals surface area (Å²) in [5.74, 6) is 0.962. The maximum Gasteiger partial charge on any atom is 0.344 e. The molecule has 1 aliphatic rings. The van der Waals surface area contributed by atoms with Gasteiger partial charge >= 0.3 is 5.97 Å². The van der Waals surface area contributed by atoms with Gasteiger partial charge in [0.15, 0.2) is 18.1 Å². The number of carbonyl (C=O) groups is 1. The lowest BCUT2D eigenvalue weighted by Crippen LogP contribution is -2.27. The van der Waals surface area contributed by atoms with E-state index >= 15 is 0 Å². The Morgan fingerprint density at radius 1 is 1.17 bits per heavy atom. The van der Waals surface area contributed by atoms with E-state index in [0.717, 1.165) is 5.56 Å². The van der Waals surface area contributed by atoms with Crippen molar-refractivity contribution >= 4 is 5.97 Å². The van der Waals surface area contributed by atoms with Gasteiger partial charge in [-0.05, 0) is 32.4 Å². The molecule has 4 nitrogen and oxygen atoms in total. The zero-order valence-electron chi connectivity index (χ0n) is 10.9. The van der Waals surface area contributed by atoms with E-state index in [1.165, 1.54) is 0 Å². The molecule has 0 aromatic heterocycles. The number of rotatable bonds is 0. The van der Waals surface area contributed by atoms with Crippen molar-refractivity contribution in [3.63, 3.8) is 0 Å². The SMILES string of the molecule is Cc1cccc2c1O[C@@H](C)CC(C)OC(=O)CO2. The number of cyclic esters (lactones) is 1. The molecule has 1 unspecified atom stereocenters. The molecule has 0 aliphatic carbocycles. The molecule has 1 heterocycles. The van der Waals surface area contributed by atoms with Crippen molar-refractivity contribution in [2.75, 3.05) is 6.61 Å². The summed E-state index contributed by atoms with van der Waals surface area (Å²) in [5, 5.41) is 0. The van der Waals surface area contributed by atoms with Crippen LogP contribution in [-0.4, -0.2) is 24.8 Å². The summed E-state index contributed by atoms with van der Waals surface area (Å²) < 4.78 is 16.5. The molecule has 98 valence electrons. The molecule has 1 aromatic carbocycles. The molecule has 2 rings (SSSR count). The van der Waals surface area contributed by atoms with Gasteiger partial charge in [-0.3, -0.25) is 0 Å². The van der Waals surface area contributed by atoms with E-state index in [1.54, 1.807) is 6.07 Å². The van der Waals surface area contributed by atoms with Crippen LogP contribution >= 0.6 is 0 Å². The number of benzene rings is 1. The minimum absolute atomic E-state index is 0.0330. The second-order valence-electron chi connectivity index (χ2n) is 4.66. The van der Waals surface area contributed by atoms with Crippen LogP contribution < -0.4 is 9.47 Å². The van der Waals surface area contributed by atoms with Crippen molar-refractivity contribution in [3.05, 3.63) is 23.8 Å². The highest BCUT2D eigenvalue weighted by molar-refractivity contribution is 5.71. The third-order valence-corrected chi connectivity index (χ3v) is 2.84. The average molecular weight is 250 g/mol. The second-order valence-corrected chi connectivity index (χ2v) is 4.66. The van der Waals surface area contributed by atoms with E-state index in [1.807, 2.05) is 32.9 Å². The van der Waals surface area contributed by atoms with Crippen molar-refractivity contribution in [2.45, 2.75) is 39.4 Å². The van der Waals surface area contributed by atoms with E-state index < -0.39 is 0 Å². The van der Waals surface area contributed by atoms with E-state index in [4.69, 9.17) is 14.2 Å². The van der Waals surface area contributed by atoms with Gasteiger partial charge in [0.05, 0.1) is 6.10 Å². The number of carbonyl (C=O) groups excluding carboxylic acids is 1. The summed E-state index contributed by atoms with van der Waals surface area (Å²) in [6, 6.07) is 5.64. The second kappa shape index (κ2) is 5.29. The van der Waals surface area contributed by atoms with Crippen molar-refractivity contribution in [1.29, 1.82) is 0 Å². The Morgan fingerprint density at radius 2 is 1.89 bits per heavy atom. The first-order chi connectivity index (χ1) is 8.56. The van der Waals surface area contributed by atoms with Gasteiger partial charge in [0.25, 0.3) is 0 Å². The van der Waals surface area contributed by atoms with Crippen molar-refractivity contribution in [2.24, 2.45) is 0 Å². The smallest absolute Gasteiger partial charge is 0.344 e. The lowest BCUT2D eigenvalue weighted by atomic mass is 10.1. The highest BCUT2D eigenvalue weighted by Crippen LogP contribution is 2.32. The molecule has 2 atom stereocenters. The number of hydrogen-bond donors (Lipinski definition) is 0. The Morgan fingerprint density at radius 3 is 2.67 bits per heavy atom. The Hall–Kier alpha value is -1.71. The number of esters is 1. The average Bonchev–Trinajstić information content (AvgIpc) is 2.29. The molecule has 0 fully saturated rings. The standard InChI is InChI=1S/C14H18O4/c1-9-5-4-6-12-14(9)18-11(3)7-10(2)17-13(15)8-16-12/h4-6,10-11H,7-8H2,1-3H3/t10?,11-/m0/s1. The fourth-order valence-electron chi connectivity index (χ4n) is 2.05. The lowest BCUT2D eigenvalue weighted by molar-refractivity contribution is -0.152. The number of aryl methyl sites for hydroxylation is 1. The van der Waals surface area contributed by atoms with Crippen LogP contribution in [-0.2, 0) is 9.53 Å². The summed E-state index contributed by atoms with van der Waals surface area (Å²) in [7, 11) is 0. The van der Waals surface area contributed by atoms with Gasteiger partial charge in [0.2, 0.25) is 0 Å². The van der Waals surface area contributed by atoms with Gasteiger partial charge in [0.1, 0.15) is 6.10 Å². The molecule has 0 radical (unpaired) electrons. The molecule has 0 spiro atoms. The molecule has 0 N–H and O–H groups in total. The number of para-hydroxylation sites is 1. The first kappa shape index (κ1) is 12.7. The number of fused-ring (bicyclic) bond motifs is 1. The van der Waals surface area contributed by atoms with Gasteiger partial charge in [0, 0.05) is 6.42 Å². The Labute approximate surface area is 107 Å². The van der Waals surface area contributed by atoms with Crippen molar-refractivity contribution in [1.82, 2.24) is 0 Å². The van der Waals surface area contributed by atoms with Crippen molar-refractivity contribution < 1.29 is 19.0 Å². The van der Waals surface area contributed by atoms with Crippen LogP contribution in [0.5, 0.6) is 11.5 Å². The Balaban J connectivity index is 2.29. The maximum absolute atomic E-state index is 11.5. The highest BCUT2D eigenvalue weighted by Gasteiger charge is 2.20. The fraction of sp³-hybridized carbons (Fsp3) is 0.500. The third kappa shape index (κ3) is 2.94. The third-order valence-electron chi connectivity index (χ3n) is 2.84. The van der Waals surface area contributed by atoms with Gasteiger partial charge in [-0.1, -0.05) is 12.1 Å². The minimum Gasteiger partial charge on any atom is -0.486 e. The molecule has 0 saturated heterocycles. The molecule has 0 bridgehead atoms. The Kier molecular flexibility index (Phi) is 3.75. The molecule has 4 heteroatoms. The van der Waals surface area contributed by atoms with Crippen LogP contribution in [0.25, 0.3) is 0 Å². The normalized spacial score (nSPS) is 24.3. The van der Waals surface area contributed by atoms with Gasteiger partial charge in [-0.25, -0.2) is 4.79 Å². The largest absolute Gasteiger partial charge is 0.486 e. The van der Waals surface area contributed by atoms with E-state index in [9.17, 15) is 4.79 Å². The summed E-state index contributed by atoms with van der Waals surface area (Å²) in [6.07, 6.45) is 0.468. The molecule has 0 saturated carbocycles. The van der Waals surface area contributed by atoms with Crippen LogP contribution in [0.15, 0.2) is 18.2 Å². The summed E-state index contributed by atoms with van der Waals surface area (Å²) >= 11 is 0. The minimum atomic E-state index is -0.343.